The van der Waals surface area contributed by atoms with Gasteiger partial charge < -0.3 is 51.5 Å². The standard InChI is InChI=1S/C9H8O3.C8H16O2.C7H15NO2.C6H8O4.C5H10O2/c1-11-9-7-5-3-2-4-6(7)8(10)12-9;1-8(2)5-4-7(10-8)6-9-3;1-9-5-2-8-3-6-10-7-4-8;1-4-5(3-8-2)10-6(7)9-4;1-6-5-2-3-7-4-5/h2-5,9H,1H3;7H,4-6H2,1-3H3;2-7H2,1H3;3H2,1-2H3;5H,2-4H2,1H3. The average molecular weight is 700 g/mol. The highest BCUT2D eigenvalue weighted by molar-refractivity contribution is 5.93. The summed E-state index contributed by atoms with van der Waals surface area (Å²) in [7, 11) is 8.21. The van der Waals surface area contributed by atoms with Gasteiger partial charge >= 0.3 is 11.8 Å². The molecule has 5 heterocycles. The van der Waals surface area contributed by atoms with Crippen LogP contribution in [0.3, 0.4) is 0 Å². The first-order valence-corrected chi connectivity index (χ1v) is 16.5. The number of aryl methyl sites for hydroxylation is 1. The largest absolute Gasteiger partial charge is 0.519 e. The lowest BCUT2D eigenvalue weighted by molar-refractivity contribution is -0.0816. The van der Waals surface area contributed by atoms with Crippen LogP contribution in [0.25, 0.3) is 0 Å². The van der Waals surface area contributed by atoms with Gasteiger partial charge in [-0.3, -0.25) is 4.90 Å². The summed E-state index contributed by atoms with van der Waals surface area (Å²) in [6, 6.07) is 7.22. The van der Waals surface area contributed by atoms with Crippen LogP contribution in [0.1, 0.15) is 66.8 Å². The Morgan fingerprint density at radius 1 is 0.878 bits per heavy atom. The fourth-order valence-corrected chi connectivity index (χ4v) is 5.05. The Balaban J connectivity index is 0.000000215. The number of cyclic esters (lactones) is 1. The maximum absolute atomic E-state index is 11.1. The van der Waals surface area contributed by atoms with Gasteiger partial charge in [0.2, 0.25) is 6.29 Å². The molecule has 0 spiro atoms. The first-order chi connectivity index (χ1) is 23.6. The van der Waals surface area contributed by atoms with Crippen LogP contribution < -0.4 is 5.82 Å². The number of fused-ring (bicyclic) bond motifs is 1. The Bertz CT molecular complexity index is 1220. The minimum Gasteiger partial charge on any atom is -0.428 e. The van der Waals surface area contributed by atoms with Gasteiger partial charge in [-0.25, -0.2) is 9.59 Å². The van der Waals surface area contributed by atoms with Crippen LogP contribution >= 0.6 is 0 Å². The molecule has 0 aliphatic carbocycles. The monoisotopic (exact) mass is 699 g/mol. The predicted molar refractivity (Wildman–Crippen MR) is 180 cm³/mol. The molecule has 6 rings (SSSR count). The van der Waals surface area contributed by atoms with Gasteiger partial charge in [0.25, 0.3) is 0 Å². The highest BCUT2D eigenvalue weighted by Crippen LogP contribution is 2.30. The minimum atomic E-state index is -0.676. The molecule has 3 unspecified atom stereocenters. The second-order valence-corrected chi connectivity index (χ2v) is 12.1. The number of carbonyl (C=O) groups is 1. The molecule has 49 heavy (non-hydrogen) atoms. The van der Waals surface area contributed by atoms with Crippen molar-refractivity contribution in [3.63, 3.8) is 0 Å². The van der Waals surface area contributed by atoms with E-state index in [1.54, 1.807) is 40.4 Å². The Kier molecular flexibility index (Phi) is 20.6. The summed E-state index contributed by atoms with van der Waals surface area (Å²) in [5.41, 5.74) is 1.50. The third kappa shape index (κ3) is 16.3. The average Bonchev–Trinajstić information content (AvgIpc) is 3.89. The van der Waals surface area contributed by atoms with E-state index >= 15 is 0 Å². The second-order valence-electron chi connectivity index (χ2n) is 12.1. The number of hydrogen-bond acceptors (Lipinski definition) is 14. The molecule has 280 valence electrons. The molecule has 3 saturated heterocycles. The molecule has 4 aliphatic heterocycles. The second kappa shape index (κ2) is 23.7. The summed E-state index contributed by atoms with van der Waals surface area (Å²) in [6.45, 7) is 14.3. The van der Waals surface area contributed by atoms with Crippen LogP contribution in [-0.4, -0.2) is 124 Å². The van der Waals surface area contributed by atoms with Crippen LogP contribution in [0.15, 0.2) is 37.9 Å². The third-order valence-electron chi connectivity index (χ3n) is 7.82. The van der Waals surface area contributed by atoms with E-state index in [1.165, 1.54) is 14.2 Å². The molecule has 0 radical (unpaired) electrons. The van der Waals surface area contributed by atoms with Gasteiger partial charge in [0.15, 0.2) is 5.76 Å². The number of hydrogen-bond donors (Lipinski definition) is 0. The van der Waals surface area contributed by atoms with Gasteiger partial charge in [-0.2, -0.15) is 0 Å². The molecule has 0 saturated carbocycles. The number of esters is 1. The van der Waals surface area contributed by atoms with E-state index in [-0.39, 0.29) is 18.2 Å². The van der Waals surface area contributed by atoms with Crippen molar-refractivity contribution in [2.24, 2.45) is 0 Å². The highest BCUT2D eigenvalue weighted by Gasteiger charge is 2.31. The zero-order chi connectivity index (χ0) is 36.1. The number of carbonyl (C=O) groups excluding carboxylic acids is 1. The quantitative estimate of drug-likeness (QED) is 0.345. The lowest BCUT2D eigenvalue weighted by atomic mass is 10.1. The molecule has 14 heteroatoms. The van der Waals surface area contributed by atoms with Crippen LogP contribution in [0.4, 0.5) is 0 Å². The van der Waals surface area contributed by atoms with E-state index in [2.05, 4.69) is 27.6 Å². The number of benzene rings is 1. The van der Waals surface area contributed by atoms with E-state index in [9.17, 15) is 9.59 Å². The molecular weight excluding hydrogens is 642 g/mol. The molecule has 14 nitrogen and oxygen atoms in total. The Labute approximate surface area is 290 Å². The van der Waals surface area contributed by atoms with Crippen molar-refractivity contribution >= 4 is 5.97 Å². The normalized spacial score (nSPS) is 22.2. The Morgan fingerprint density at radius 3 is 2.12 bits per heavy atom. The molecule has 3 atom stereocenters. The number of methoxy groups -OCH3 is 5. The maximum Gasteiger partial charge on any atom is 0.519 e. The summed E-state index contributed by atoms with van der Waals surface area (Å²) in [5, 5.41) is 0. The van der Waals surface area contributed by atoms with Crippen LogP contribution in [0, 0.1) is 6.92 Å². The molecule has 1 aromatic carbocycles. The minimum absolute atomic E-state index is 0.0865. The molecule has 0 amide bonds. The molecule has 0 N–H and O–H groups in total. The van der Waals surface area contributed by atoms with Crippen LogP contribution in [-0.2, 0) is 49.2 Å². The van der Waals surface area contributed by atoms with Crippen molar-refractivity contribution in [1.82, 2.24) is 4.90 Å². The lowest BCUT2D eigenvalue weighted by Crippen LogP contribution is -2.38. The lowest BCUT2D eigenvalue weighted by Gasteiger charge is -2.25. The predicted octanol–water partition coefficient (Wildman–Crippen LogP) is 4.17. The maximum atomic E-state index is 11.1. The SMILES string of the molecule is COC1CCOC1.COC1OC(=O)c2ccccc21.COCC1CCC(C)(C)O1.COCCN1CCOCC1.COCc1oc(=O)oc1C. The number of ether oxygens (including phenoxy) is 9. The zero-order valence-corrected chi connectivity index (χ0v) is 30.5. The molecule has 2 aromatic rings. The molecule has 4 aliphatic rings. The fraction of sp³-hybridized carbons (Fsp3) is 0.714. The number of nitrogens with zero attached hydrogens (tertiary/aromatic N) is 1. The number of morpholine rings is 1. The van der Waals surface area contributed by atoms with Crippen LogP contribution in [0.2, 0.25) is 0 Å². The smallest absolute Gasteiger partial charge is 0.428 e. The van der Waals surface area contributed by atoms with Gasteiger partial charge in [0, 0.05) is 67.4 Å². The van der Waals surface area contributed by atoms with E-state index < -0.39 is 12.1 Å². The van der Waals surface area contributed by atoms with Crippen molar-refractivity contribution < 1.29 is 56.3 Å². The van der Waals surface area contributed by atoms with Gasteiger partial charge in [-0.15, -0.1) is 0 Å². The molecule has 1 aromatic heterocycles. The van der Waals surface area contributed by atoms with Gasteiger partial charge in [0.1, 0.15) is 12.4 Å². The van der Waals surface area contributed by atoms with Crippen molar-refractivity contribution in [3.8, 4) is 0 Å². The first-order valence-electron chi connectivity index (χ1n) is 16.5. The summed E-state index contributed by atoms with van der Waals surface area (Å²) in [5.74, 6) is -0.0543. The topological polar surface area (TPSA) is 147 Å². The van der Waals surface area contributed by atoms with E-state index in [0.717, 1.165) is 84.1 Å². The van der Waals surface area contributed by atoms with Crippen molar-refractivity contribution in [1.29, 1.82) is 0 Å². The van der Waals surface area contributed by atoms with Gasteiger partial charge in [0.05, 0.1) is 56.4 Å². The van der Waals surface area contributed by atoms with Crippen LogP contribution in [0.5, 0.6) is 0 Å². The van der Waals surface area contributed by atoms with Crippen molar-refractivity contribution in [2.45, 2.75) is 70.7 Å². The van der Waals surface area contributed by atoms with E-state index in [0.29, 0.717) is 29.3 Å². The van der Waals surface area contributed by atoms with E-state index in [4.69, 9.17) is 42.6 Å². The van der Waals surface area contributed by atoms with Crippen molar-refractivity contribution in [2.75, 3.05) is 94.8 Å². The number of rotatable bonds is 9. The highest BCUT2D eigenvalue weighted by atomic mass is 16.7. The summed E-state index contributed by atoms with van der Waals surface area (Å²) >= 11 is 0. The summed E-state index contributed by atoms with van der Waals surface area (Å²) < 4.78 is 54.6. The molecule has 3 fully saturated rings. The van der Waals surface area contributed by atoms with E-state index in [1.807, 2.05) is 12.1 Å². The zero-order valence-electron chi connectivity index (χ0n) is 30.5. The fourth-order valence-electron chi connectivity index (χ4n) is 5.05. The molecular formula is C35H57NO13. The molecule has 0 bridgehead atoms. The van der Waals surface area contributed by atoms with Gasteiger partial charge in [-0.05, 0) is 46.1 Å². The third-order valence-corrected chi connectivity index (χ3v) is 7.82. The summed E-state index contributed by atoms with van der Waals surface area (Å²) in [6.07, 6.45) is 3.55. The first kappa shape index (κ1) is 42.5. The van der Waals surface area contributed by atoms with Gasteiger partial charge in [-0.1, -0.05) is 18.2 Å². The summed E-state index contributed by atoms with van der Waals surface area (Å²) in [4.78, 5) is 23.9. The van der Waals surface area contributed by atoms with Crippen molar-refractivity contribution in [3.05, 3.63) is 57.5 Å². The Morgan fingerprint density at radius 2 is 1.61 bits per heavy atom. The Hall–Kier alpha value is -2.66.